The summed E-state index contributed by atoms with van der Waals surface area (Å²) in [6.45, 7) is 3.80. The number of aliphatic carboxylic acids is 1. The number of thiophene rings is 1. The predicted molar refractivity (Wildman–Crippen MR) is 134 cm³/mol. The summed E-state index contributed by atoms with van der Waals surface area (Å²) >= 11 is 19.6. The summed E-state index contributed by atoms with van der Waals surface area (Å²) in [6, 6.07) is 14.0. The molecular weight excluding hydrogens is 505 g/mol. The van der Waals surface area contributed by atoms with Crippen molar-refractivity contribution in [3.63, 3.8) is 0 Å². The van der Waals surface area contributed by atoms with Gasteiger partial charge in [0.05, 0.1) is 21.0 Å². The topological polar surface area (TPSA) is 75.6 Å². The lowest BCUT2D eigenvalue weighted by atomic mass is 9.99. The number of halogens is 3. The van der Waals surface area contributed by atoms with Crippen molar-refractivity contribution in [2.75, 3.05) is 0 Å². The highest BCUT2D eigenvalue weighted by molar-refractivity contribution is 7.19. The van der Waals surface area contributed by atoms with Gasteiger partial charge in [-0.3, -0.25) is 4.79 Å². The highest BCUT2D eigenvalue weighted by atomic mass is 35.5. The first-order valence-electron chi connectivity index (χ1n) is 10.1. The van der Waals surface area contributed by atoms with Crippen molar-refractivity contribution in [2.24, 2.45) is 0 Å². The van der Waals surface area contributed by atoms with Crippen LogP contribution in [0.2, 0.25) is 14.4 Å². The van der Waals surface area contributed by atoms with Crippen molar-refractivity contribution in [1.29, 1.82) is 0 Å². The first kappa shape index (κ1) is 25.5. The Morgan fingerprint density at radius 1 is 1.06 bits per heavy atom. The smallest absolute Gasteiger partial charge is 0.333 e. The van der Waals surface area contributed by atoms with E-state index in [-0.39, 0.29) is 30.0 Å². The Morgan fingerprint density at radius 3 is 2.42 bits per heavy atom. The van der Waals surface area contributed by atoms with Gasteiger partial charge in [-0.1, -0.05) is 53.0 Å². The number of carboxylic acid groups (broad SMARTS) is 1. The second kappa shape index (κ2) is 11.4. The number of hydrogen-bond donors (Lipinski definition) is 2. The molecule has 0 saturated heterocycles. The fourth-order valence-electron chi connectivity index (χ4n) is 3.30. The monoisotopic (exact) mass is 525 g/mol. The number of ether oxygens (including phenoxy) is 1. The van der Waals surface area contributed by atoms with E-state index in [1.807, 2.05) is 30.3 Å². The van der Waals surface area contributed by atoms with E-state index in [2.05, 4.69) is 5.32 Å². The molecule has 0 radical (unpaired) electrons. The molecule has 1 heterocycles. The van der Waals surface area contributed by atoms with Gasteiger partial charge in [0.15, 0.2) is 6.10 Å². The zero-order valence-corrected chi connectivity index (χ0v) is 21.0. The van der Waals surface area contributed by atoms with Crippen LogP contribution in [0.4, 0.5) is 0 Å². The normalized spacial score (nSPS) is 12.1. The zero-order valence-electron chi connectivity index (χ0n) is 17.9. The van der Waals surface area contributed by atoms with Gasteiger partial charge in [0.25, 0.3) is 5.91 Å². The quantitative estimate of drug-likeness (QED) is 0.324. The van der Waals surface area contributed by atoms with Crippen molar-refractivity contribution in [2.45, 2.75) is 39.0 Å². The van der Waals surface area contributed by atoms with Gasteiger partial charge in [0.1, 0.15) is 0 Å². The van der Waals surface area contributed by atoms with Gasteiger partial charge < -0.3 is 15.2 Å². The number of hydrogen-bond acceptors (Lipinski definition) is 4. The molecule has 0 aliphatic carbocycles. The molecule has 3 rings (SSSR count). The largest absolute Gasteiger partial charge is 0.479 e. The number of benzene rings is 2. The molecule has 5 nitrogen and oxygen atoms in total. The minimum atomic E-state index is -1.02. The average molecular weight is 527 g/mol. The molecule has 0 spiro atoms. The lowest BCUT2D eigenvalue weighted by molar-refractivity contribution is -0.153. The van der Waals surface area contributed by atoms with Crippen molar-refractivity contribution < 1.29 is 19.4 Å². The van der Waals surface area contributed by atoms with Gasteiger partial charge in [0, 0.05) is 22.9 Å². The number of rotatable bonds is 9. The highest BCUT2D eigenvalue weighted by Crippen LogP contribution is 2.34. The van der Waals surface area contributed by atoms with Crippen LogP contribution in [0.25, 0.3) is 10.4 Å². The molecule has 0 saturated carbocycles. The molecule has 174 valence electrons. The molecule has 1 aromatic heterocycles. The summed E-state index contributed by atoms with van der Waals surface area (Å²) in [5, 5.41) is 13.1. The van der Waals surface area contributed by atoms with Crippen LogP contribution in [0.15, 0.2) is 48.5 Å². The predicted octanol–water partition coefficient (Wildman–Crippen LogP) is 6.73. The van der Waals surface area contributed by atoms with Crippen LogP contribution in [0.3, 0.4) is 0 Å². The van der Waals surface area contributed by atoms with Crippen LogP contribution in [-0.4, -0.2) is 29.2 Å². The van der Waals surface area contributed by atoms with Crippen LogP contribution >= 0.6 is 46.1 Å². The molecule has 0 bridgehead atoms. The number of amides is 1. The second-order valence-corrected chi connectivity index (χ2v) is 10.2. The van der Waals surface area contributed by atoms with Crippen LogP contribution in [0, 0.1) is 0 Å². The van der Waals surface area contributed by atoms with Gasteiger partial charge in [0.2, 0.25) is 0 Å². The lowest BCUT2D eigenvalue weighted by Crippen LogP contribution is -2.29. The van der Waals surface area contributed by atoms with Crippen molar-refractivity contribution in [3.8, 4) is 10.4 Å². The summed E-state index contributed by atoms with van der Waals surface area (Å²) in [7, 11) is 0. The Hall–Kier alpha value is -2.09. The Kier molecular flexibility index (Phi) is 8.79. The molecule has 1 atom stereocenters. The average Bonchev–Trinajstić information content (AvgIpc) is 3.17. The zero-order chi connectivity index (χ0) is 24.1. The number of carboxylic acids is 1. The maximum Gasteiger partial charge on any atom is 0.333 e. The van der Waals surface area contributed by atoms with Crippen LogP contribution in [-0.2, 0) is 22.5 Å². The van der Waals surface area contributed by atoms with Gasteiger partial charge in [-0.15, -0.1) is 11.3 Å². The van der Waals surface area contributed by atoms with Crippen LogP contribution in [0.5, 0.6) is 0 Å². The standard InChI is InChI=1S/C24H22Cl3NO4S/c1-13(2)32-20(24(30)31)10-14-3-5-17(21-7-8-22(27)33-21)15(9-14)12-28-23(29)18-6-4-16(25)11-19(18)26/h3-9,11,13,20H,10,12H2,1-2H3,(H,28,29)(H,30,31). The van der Waals surface area contributed by atoms with E-state index in [1.54, 1.807) is 26.0 Å². The minimum absolute atomic E-state index is 0.197. The van der Waals surface area contributed by atoms with Crippen LogP contribution < -0.4 is 5.32 Å². The third-order valence-corrected chi connectivity index (χ3v) is 6.57. The Balaban J connectivity index is 1.88. The Bertz CT molecular complexity index is 1160. The molecular formula is C24H22Cl3NO4S. The van der Waals surface area contributed by atoms with E-state index in [0.717, 1.165) is 21.6 Å². The fourth-order valence-corrected chi connectivity index (χ4v) is 4.90. The van der Waals surface area contributed by atoms with Gasteiger partial charge in [-0.05, 0) is 60.9 Å². The van der Waals surface area contributed by atoms with E-state index < -0.39 is 12.1 Å². The molecule has 33 heavy (non-hydrogen) atoms. The molecule has 0 aliphatic rings. The van der Waals surface area contributed by atoms with Crippen molar-refractivity contribution in [3.05, 3.63) is 79.6 Å². The maximum atomic E-state index is 12.7. The summed E-state index contributed by atoms with van der Waals surface area (Å²) < 4.78 is 6.19. The highest BCUT2D eigenvalue weighted by Gasteiger charge is 2.21. The number of carbonyl (C=O) groups is 2. The second-order valence-electron chi connectivity index (χ2n) is 7.62. The molecule has 1 unspecified atom stereocenters. The summed E-state index contributed by atoms with van der Waals surface area (Å²) in [6.07, 6.45) is -0.993. The lowest BCUT2D eigenvalue weighted by Gasteiger charge is -2.18. The molecule has 1 amide bonds. The van der Waals surface area contributed by atoms with E-state index in [1.165, 1.54) is 17.4 Å². The number of nitrogens with one attached hydrogen (secondary N) is 1. The van der Waals surface area contributed by atoms with Crippen molar-refractivity contribution >= 4 is 58.0 Å². The van der Waals surface area contributed by atoms with Gasteiger partial charge in [-0.25, -0.2) is 4.79 Å². The van der Waals surface area contributed by atoms with E-state index in [4.69, 9.17) is 39.5 Å². The molecule has 0 fully saturated rings. The summed E-state index contributed by atoms with van der Waals surface area (Å²) in [4.78, 5) is 25.3. The molecule has 2 aromatic carbocycles. The van der Waals surface area contributed by atoms with E-state index in [9.17, 15) is 14.7 Å². The van der Waals surface area contributed by atoms with E-state index in [0.29, 0.717) is 14.9 Å². The third-order valence-electron chi connectivity index (χ3n) is 4.76. The van der Waals surface area contributed by atoms with Gasteiger partial charge >= 0.3 is 5.97 Å². The maximum absolute atomic E-state index is 12.7. The first-order valence-corrected chi connectivity index (χ1v) is 12.1. The first-order chi connectivity index (χ1) is 15.6. The molecule has 2 N–H and O–H groups in total. The fraction of sp³-hybridized carbons (Fsp3) is 0.250. The number of carbonyl (C=O) groups excluding carboxylic acids is 1. The molecule has 3 aromatic rings. The minimum Gasteiger partial charge on any atom is -0.479 e. The summed E-state index contributed by atoms with van der Waals surface area (Å²) in [5.74, 6) is -1.37. The SMILES string of the molecule is CC(C)OC(Cc1ccc(-c2ccc(Cl)s2)c(CNC(=O)c2ccc(Cl)cc2Cl)c1)C(=O)O. The molecule has 0 aliphatic heterocycles. The van der Waals surface area contributed by atoms with E-state index >= 15 is 0 Å². The van der Waals surface area contributed by atoms with Crippen molar-refractivity contribution in [1.82, 2.24) is 5.32 Å². The van der Waals surface area contributed by atoms with Gasteiger partial charge in [-0.2, -0.15) is 0 Å². The summed E-state index contributed by atoms with van der Waals surface area (Å²) in [5.41, 5.74) is 2.81. The third kappa shape index (κ3) is 6.95. The Morgan fingerprint density at radius 2 is 1.82 bits per heavy atom. The Labute approximate surface area is 211 Å². The molecule has 9 heteroatoms. The van der Waals surface area contributed by atoms with Crippen LogP contribution in [0.1, 0.15) is 35.3 Å².